The number of carbonyl (C=O) groups excluding carboxylic acids is 1. The molecule has 4 nitrogen and oxygen atoms in total. The Labute approximate surface area is 88.1 Å². The molecule has 1 N–H and O–H groups in total. The highest BCUT2D eigenvalue weighted by Crippen LogP contribution is 2.07. The molecule has 0 unspecified atom stereocenters. The molecule has 0 heterocycles. The van der Waals surface area contributed by atoms with Gasteiger partial charge in [-0.2, -0.15) is 0 Å². The van der Waals surface area contributed by atoms with E-state index in [0.29, 0.717) is 6.54 Å². The molecule has 0 saturated heterocycles. The van der Waals surface area contributed by atoms with Gasteiger partial charge in [0.2, 0.25) is 5.91 Å². The molecule has 15 heavy (non-hydrogen) atoms. The van der Waals surface area contributed by atoms with Crippen LogP contribution in [0.15, 0.2) is 24.3 Å². The first-order valence-corrected chi connectivity index (χ1v) is 4.54. The topological polar surface area (TPSA) is 57.6 Å². The Kier molecular flexibility index (Phi) is 3.44. The predicted molar refractivity (Wildman–Crippen MR) is 55.5 cm³/mol. The van der Waals surface area contributed by atoms with Crippen molar-refractivity contribution in [2.75, 3.05) is 7.05 Å². The zero-order chi connectivity index (χ0) is 11.4. The van der Waals surface area contributed by atoms with E-state index >= 15 is 0 Å². The maximum Gasteiger partial charge on any atom is 0.335 e. The molecule has 80 valence electrons. The van der Waals surface area contributed by atoms with E-state index in [1.807, 2.05) is 0 Å². The minimum Gasteiger partial charge on any atom is -0.478 e. The second-order valence-corrected chi connectivity index (χ2v) is 3.38. The average Bonchev–Trinajstić information content (AvgIpc) is 2.18. The molecule has 1 rings (SSSR count). The Hall–Kier alpha value is -1.84. The van der Waals surface area contributed by atoms with Gasteiger partial charge < -0.3 is 10.0 Å². The number of benzene rings is 1. The van der Waals surface area contributed by atoms with Gasteiger partial charge in [0.15, 0.2) is 0 Å². The maximum absolute atomic E-state index is 11.0. The van der Waals surface area contributed by atoms with Gasteiger partial charge in [-0.3, -0.25) is 4.79 Å². The molecule has 0 saturated carbocycles. The number of nitrogens with zero attached hydrogens (tertiary/aromatic N) is 1. The number of rotatable bonds is 3. The van der Waals surface area contributed by atoms with Crippen LogP contribution in [0.4, 0.5) is 0 Å². The molecule has 0 atom stereocenters. The van der Waals surface area contributed by atoms with E-state index in [1.165, 1.54) is 17.9 Å². The van der Waals surface area contributed by atoms with Gasteiger partial charge in [0.05, 0.1) is 5.56 Å². The smallest absolute Gasteiger partial charge is 0.335 e. The van der Waals surface area contributed by atoms with Crippen LogP contribution < -0.4 is 0 Å². The van der Waals surface area contributed by atoms with Crippen molar-refractivity contribution >= 4 is 11.9 Å². The minimum absolute atomic E-state index is 0.0456. The Morgan fingerprint density at radius 3 is 2.60 bits per heavy atom. The van der Waals surface area contributed by atoms with Gasteiger partial charge in [-0.05, 0) is 17.7 Å². The number of carboxylic acid groups (broad SMARTS) is 1. The lowest BCUT2D eigenvalue weighted by Gasteiger charge is -2.14. The second kappa shape index (κ2) is 4.59. The molecule has 0 aliphatic heterocycles. The van der Waals surface area contributed by atoms with Gasteiger partial charge >= 0.3 is 5.97 Å². The maximum atomic E-state index is 11.0. The third-order valence-corrected chi connectivity index (χ3v) is 2.13. The molecule has 0 bridgehead atoms. The van der Waals surface area contributed by atoms with Gasteiger partial charge in [-0.25, -0.2) is 4.79 Å². The lowest BCUT2D eigenvalue weighted by Crippen LogP contribution is -2.23. The van der Waals surface area contributed by atoms with Crippen molar-refractivity contribution in [3.05, 3.63) is 35.4 Å². The number of carboxylic acids is 1. The normalized spacial score (nSPS) is 9.73. The Morgan fingerprint density at radius 1 is 1.40 bits per heavy atom. The first-order chi connectivity index (χ1) is 7.00. The summed E-state index contributed by atoms with van der Waals surface area (Å²) in [5.41, 5.74) is 1.05. The first-order valence-electron chi connectivity index (χ1n) is 4.54. The summed E-state index contributed by atoms with van der Waals surface area (Å²) in [4.78, 5) is 23.2. The number of hydrogen-bond acceptors (Lipinski definition) is 2. The standard InChI is InChI=1S/C11H13NO3/c1-8(13)12(2)7-9-4-3-5-10(6-9)11(14)15/h3-6H,7H2,1-2H3,(H,14,15). The molecule has 1 amide bonds. The van der Waals surface area contributed by atoms with E-state index in [0.717, 1.165) is 5.56 Å². The monoisotopic (exact) mass is 207 g/mol. The molecule has 0 radical (unpaired) electrons. The van der Waals surface area contributed by atoms with Crippen LogP contribution in [0.5, 0.6) is 0 Å². The summed E-state index contributed by atoms with van der Waals surface area (Å²) in [5.74, 6) is -1.00. The van der Waals surface area contributed by atoms with Crippen molar-refractivity contribution < 1.29 is 14.7 Å². The first kappa shape index (κ1) is 11.2. The second-order valence-electron chi connectivity index (χ2n) is 3.38. The van der Waals surface area contributed by atoms with Gasteiger partial charge in [0.1, 0.15) is 0 Å². The molecular formula is C11H13NO3. The summed E-state index contributed by atoms with van der Waals surface area (Å²) in [6, 6.07) is 6.57. The summed E-state index contributed by atoms with van der Waals surface area (Å²) in [7, 11) is 1.68. The highest BCUT2D eigenvalue weighted by atomic mass is 16.4. The van der Waals surface area contributed by atoms with Crippen LogP contribution in [-0.2, 0) is 11.3 Å². The third kappa shape index (κ3) is 3.09. The zero-order valence-electron chi connectivity index (χ0n) is 8.73. The fraction of sp³-hybridized carbons (Fsp3) is 0.273. The lowest BCUT2D eigenvalue weighted by molar-refractivity contribution is -0.128. The zero-order valence-corrected chi connectivity index (χ0v) is 8.73. The van der Waals surface area contributed by atoms with Crippen LogP contribution in [0, 0.1) is 0 Å². The van der Waals surface area contributed by atoms with Crippen LogP contribution in [0.1, 0.15) is 22.8 Å². The van der Waals surface area contributed by atoms with E-state index in [2.05, 4.69) is 0 Å². The largest absolute Gasteiger partial charge is 0.478 e. The van der Waals surface area contributed by atoms with Crippen LogP contribution in [-0.4, -0.2) is 28.9 Å². The molecule has 1 aromatic rings. The molecule has 0 spiro atoms. The number of aromatic carboxylic acids is 1. The van der Waals surface area contributed by atoms with Crippen molar-refractivity contribution in [1.29, 1.82) is 0 Å². The molecule has 0 aliphatic rings. The van der Waals surface area contributed by atoms with Crippen molar-refractivity contribution in [2.24, 2.45) is 0 Å². The average molecular weight is 207 g/mol. The quantitative estimate of drug-likeness (QED) is 0.814. The molecule has 1 aromatic carbocycles. The SMILES string of the molecule is CC(=O)N(C)Cc1cccc(C(=O)O)c1. The number of hydrogen-bond donors (Lipinski definition) is 1. The third-order valence-electron chi connectivity index (χ3n) is 2.13. The summed E-state index contributed by atoms with van der Waals surface area (Å²) in [6.45, 7) is 1.90. The summed E-state index contributed by atoms with van der Waals surface area (Å²) in [6.07, 6.45) is 0. The van der Waals surface area contributed by atoms with Gasteiger partial charge in [0, 0.05) is 20.5 Å². The van der Waals surface area contributed by atoms with Crippen molar-refractivity contribution in [3.8, 4) is 0 Å². The van der Waals surface area contributed by atoms with Crippen LogP contribution in [0.25, 0.3) is 0 Å². The van der Waals surface area contributed by atoms with E-state index in [4.69, 9.17) is 5.11 Å². The van der Waals surface area contributed by atoms with Gasteiger partial charge in [-0.15, -0.1) is 0 Å². The molecule has 0 aliphatic carbocycles. The summed E-state index contributed by atoms with van der Waals surface area (Å²) < 4.78 is 0. The van der Waals surface area contributed by atoms with Gasteiger partial charge in [-0.1, -0.05) is 12.1 Å². The molecular weight excluding hydrogens is 194 g/mol. The summed E-state index contributed by atoms with van der Waals surface area (Å²) in [5, 5.41) is 8.77. The Balaban J connectivity index is 2.82. The summed E-state index contributed by atoms with van der Waals surface area (Å²) >= 11 is 0. The lowest BCUT2D eigenvalue weighted by atomic mass is 10.1. The molecule has 0 fully saturated rings. The van der Waals surface area contributed by atoms with Crippen LogP contribution in [0.3, 0.4) is 0 Å². The van der Waals surface area contributed by atoms with E-state index < -0.39 is 5.97 Å². The van der Waals surface area contributed by atoms with Crippen molar-refractivity contribution in [2.45, 2.75) is 13.5 Å². The van der Waals surface area contributed by atoms with Crippen LogP contribution >= 0.6 is 0 Å². The van der Waals surface area contributed by atoms with Crippen LogP contribution in [0.2, 0.25) is 0 Å². The fourth-order valence-electron chi connectivity index (χ4n) is 1.19. The molecule has 4 heteroatoms. The van der Waals surface area contributed by atoms with E-state index in [9.17, 15) is 9.59 Å². The fourth-order valence-corrected chi connectivity index (χ4v) is 1.19. The van der Waals surface area contributed by atoms with E-state index in [-0.39, 0.29) is 11.5 Å². The minimum atomic E-state index is -0.956. The van der Waals surface area contributed by atoms with Gasteiger partial charge in [0.25, 0.3) is 0 Å². The Morgan fingerprint density at radius 2 is 2.07 bits per heavy atom. The highest BCUT2D eigenvalue weighted by Gasteiger charge is 2.06. The highest BCUT2D eigenvalue weighted by molar-refractivity contribution is 5.87. The Bertz CT molecular complexity index is 387. The molecule has 0 aromatic heterocycles. The number of carbonyl (C=O) groups is 2. The van der Waals surface area contributed by atoms with Crippen molar-refractivity contribution in [1.82, 2.24) is 4.90 Å². The predicted octanol–water partition coefficient (Wildman–Crippen LogP) is 1.36. The number of amides is 1. The van der Waals surface area contributed by atoms with Crippen molar-refractivity contribution in [3.63, 3.8) is 0 Å². The van der Waals surface area contributed by atoms with E-state index in [1.54, 1.807) is 25.2 Å².